The molecule has 2 atom stereocenters. The van der Waals surface area contributed by atoms with E-state index in [1.54, 1.807) is 25.3 Å². The normalized spacial score (nSPS) is 18.0. The Bertz CT molecular complexity index is 629. The topological polar surface area (TPSA) is 75.3 Å². The van der Waals surface area contributed by atoms with E-state index in [2.05, 4.69) is 10.0 Å². The zero-order chi connectivity index (χ0) is 15.5. The van der Waals surface area contributed by atoms with Gasteiger partial charge in [0.2, 0.25) is 10.0 Å². The van der Waals surface area contributed by atoms with E-state index in [0.29, 0.717) is 23.6 Å². The van der Waals surface area contributed by atoms with E-state index in [0.717, 1.165) is 24.1 Å². The van der Waals surface area contributed by atoms with Gasteiger partial charge in [-0.2, -0.15) is 0 Å². The van der Waals surface area contributed by atoms with Crippen molar-refractivity contribution in [2.75, 3.05) is 18.6 Å². The summed E-state index contributed by atoms with van der Waals surface area (Å²) in [5.41, 5.74) is 1.96. The van der Waals surface area contributed by atoms with E-state index in [-0.39, 0.29) is 6.04 Å². The molecule has 1 aromatic rings. The van der Waals surface area contributed by atoms with Gasteiger partial charge in [-0.15, -0.1) is 0 Å². The van der Waals surface area contributed by atoms with Crippen LogP contribution in [0.3, 0.4) is 0 Å². The lowest BCUT2D eigenvalue weighted by Crippen LogP contribution is -2.35. The van der Waals surface area contributed by atoms with Gasteiger partial charge in [0.15, 0.2) is 0 Å². The summed E-state index contributed by atoms with van der Waals surface area (Å²) >= 11 is 0. The summed E-state index contributed by atoms with van der Waals surface area (Å²) in [6.45, 7) is 3.31. The maximum Gasteiger partial charge on any atom is 0.241 e. The molecule has 1 aromatic carbocycles. The van der Waals surface area contributed by atoms with Crippen LogP contribution in [0.4, 0.5) is 0 Å². The largest absolute Gasteiger partial charge is 0.312 e. The molecular weight excluding hydrogens is 308 g/mol. The van der Waals surface area contributed by atoms with Gasteiger partial charge in [-0.1, -0.05) is 12.1 Å². The van der Waals surface area contributed by atoms with Crippen LogP contribution >= 0.6 is 0 Å². The van der Waals surface area contributed by atoms with E-state index in [4.69, 9.17) is 0 Å². The standard InChI is InChI=1S/C14H22N2O3S2/c1-11(7-9-20(2)17)16-21(18,19)14-5-3-4-12-10-15-8-6-13(12)14/h3-5,11,15-16H,6-10H2,1-2H3. The van der Waals surface area contributed by atoms with Crippen molar-refractivity contribution in [1.29, 1.82) is 0 Å². The van der Waals surface area contributed by atoms with Crippen LogP contribution in [0.2, 0.25) is 0 Å². The SMILES string of the molecule is CC(CCS(C)=O)NS(=O)(=O)c1cccc2c1CCNC2. The monoisotopic (exact) mass is 330 g/mol. The molecule has 1 aliphatic rings. The average Bonchev–Trinajstić information content (AvgIpc) is 2.44. The van der Waals surface area contributed by atoms with Crippen molar-refractivity contribution >= 4 is 20.8 Å². The fraction of sp³-hybridized carbons (Fsp3) is 0.571. The fourth-order valence-electron chi connectivity index (χ4n) is 2.48. The van der Waals surface area contributed by atoms with Gasteiger partial charge < -0.3 is 5.32 Å². The molecule has 0 spiro atoms. The molecule has 1 heterocycles. The Labute approximate surface area is 129 Å². The third-order valence-electron chi connectivity index (χ3n) is 3.58. The number of sulfonamides is 1. The summed E-state index contributed by atoms with van der Waals surface area (Å²) in [5.74, 6) is 0.500. The molecule has 0 saturated carbocycles. The molecule has 21 heavy (non-hydrogen) atoms. The molecule has 1 aliphatic heterocycles. The summed E-state index contributed by atoms with van der Waals surface area (Å²) in [4.78, 5) is 0.381. The third kappa shape index (κ3) is 4.35. The second-order valence-electron chi connectivity index (χ2n) is 5.41. The van der Waals surface area contributed by atoms with Gasteiger partial charge in [0.25, 0.3) is 0 Å². The Balaban J connectivity index is 2.18. The van der Waals surface area contributed by atoms with Gasteiger partial charge in [-0.25, -0.2) is 13.1 Å². The van der Waals surface area contributed by atoms with E-state index in [1.807, 2.05) is 6.07 Å². The number of fused-ring (bicyclic) bond motifs is 1. The van der Waals surface area contributed by atoms with Crippen LogP contribution < -0.4 is 10.0 Å². The van der Waals surface area contributed by atoms with Gasteiger partial charge >= 0.3 is 0 Å². The Kier molecular flexibility index (Phi) is 5.54. The molecule has 0 bridgehead atoms. The minimum absolute atomic E-state index is 0.225. The zero-order valence-electron chi connectivity index (χ0n) is 12.4. The lowest BCUT2D eigenvalue weighted by molar-refractivity contribution is 0.552. The van der Waals surface area contributed by atoms with Gasteiger partial charge in [0, 0.05) is 35.4 Å². The van der Waals surface area contributed by atoms with Gasteiger partial charge in [0.1, 0.15) is 0 Å². The maximum atomic E-state index is 12.6. The minimum Gasteiger partial charge on any atom is -0.312 e. The van der Waals surface area contributed by atoms with Crippen molar-refractivity contribution in [3.8, 4) is 0 Å². The smallest absolute Gasteiger partial charge is 0.241 e. The van der Waals surface area contributed by atoms with E-state index >= 15 is 0 Å². The van der Waals surface area contributed by atoms with E-state index in [1.165, 1.54) is 0 Å². The molecule has 0 saturated heterocycles. The summed E-state index contributed by atoms with van der Waals surface area (Å²) in [6, 6.07) is 5.18. The average molecular weight is 330 g/mol. The quantitative estimate of drug-likeness (QED) is 0.808. The van der Waals surface area contributed by atoms with Gasteiger partial charge in [0.05, 0.1) is 4.90 Å². The molecule has 0 radical (unpaired) electrons. The molecule has 2 unspecified atom stereocenters. The number of nitrogens with one attached hydrogen (secondary N) is 2. The van der Waals surface area contributed by atoms with Crippen LogP contribution in [-0.4, -0.2) is 37.2 Å². The van der Waals surface area contributed by atoms with Crippen LogP contribution in [0.1, 0.15) is 24.5 Å². The lowest BCUT2D eigenvalue weighted by atomic mass is 10.0. The summed E-state index contributed by atoms with van der Waals surface area (Å²) in [7, 11) is -4.43. The molecule has 0 amide bonds. The van der Waals surface area contributed by atoms with Crippen LogP contribution in [0.5, 0.6) is 0 Å². The van der Waals surface area contributed by atoms with Crippen molar-refractivity contribution in [3.05, 3.63) is 29.3 Å². The van der Waals surface area contributed by atoms with Gasteiger partial charge in [-0.3, -0.25) is 4.21 Å². The van der Waals surface area contributed by atoms with E-state index < -0.39 is 20.8 Å². The highest BCUT2D eigenvalue weighted by molar-refractivity contribution is 7.89. The lowest BCUT2D eigenvalue weighted by Gasteiger charge is -2.21. The zero-order valence-corrected chi connectivity index (χ0v) is 14.0. The first-order valence-electron chi connectivity index (χ1n) is 7.04. The van der Waals surface area contributed by atoms with E-state index in [9.17, 15) is 12.6 Å². The Morgan fingerprint density at radius 3 is 2.90 bits per heavy atom. The molecule has 2 N–H and O–H groups in total. The summed E-state index contributed by atoms with van der Waals surface area (Å²) < 4.78 is 38.9. The van der Waals surface area contributed by atoms with Gasteiger partial charge in [-0.05, 0) is 43.5 Å². The molecule has 5 nitrogen and oxygen atoms in total. The van der Waals surface area contributed by atoms with Crippen molar-refractivity contribution in [3.63, 3.8) is 0 Å². The van der Waals surface area contributed by atoms with Crippen molar-refractivity contribution in [2.24, 2.45) is 0 Å². The fourth-order valence-corrected chi connectivity index (χ4v) is 4.75. The third-order valence-corrected chi connectivity index (χ3v) is 6.07. The number of hydrogen-bond acceptors (Lipinski definition) is 4. The van der Waals surface area contributed by atoms with Crippen molar-refractivity contribution < 1.29 is 12.6 Å². The molecular formula is C14H22N2O3S2. The first-order valence-corrected chi connectivity index (χ1v) is 10.2. The molecule has 0 aromatic heterocycles. The number of hydrogen-bond donors (Lipinski definition) is 2. The highest BCUT2D eigenvalue weighted by Crippen LogP contribution is 2.23. The highest BCUT2D eigenvalue weighted by atomic mass is 32.2. The predicted octanol–water partition coefficient (Wildman–Crippen LogP) is 0.768. The second-order valence-corrected chi connectivity index (χ2v) is 8.65. The predicted molar refractivity (Wildman–Crippen MR) is 85.2 cm³/mol. The first kappa shape index (κ1) is 16.6. The molecule has 118 valence electrons. The molecule has 2 rings (SSSR count). The molecule has 7 heteroatoms. The number of benzene rings is 1. The first-order chi connectivity index (χ1) is 9.90. The maximum absolute atomic E-state index is 12.6. The Morgan fingerprint density at radius 1 is 1.43 bits per heavy atom. The Hall–Kier alpha value is -0.760. The van der Waals surface area contributed by atoms with Crippen molar-refractivity contribution in [1.82, 2.24) is 10.0 Å². The highest BCUT2D eigenvalue weighted by Gasteiger charge is 2.23. The number of rotatable bonds is 6. The Morgan fingerprint density at radius 2 is 2.19 bits per heavy atom. The van der Waals surface area contributed by atoms with Crippen LogP contribution in [0, 0.1) is 0 Å². The second kappa shape index (κ2) is 7.00. The van der Waals surface area contributed by atoms with Crippen LogP contribution in [0.15, 0.2) is 23.1 Å². The van der Waals surface area contributed by atoms with Crippen LogP contribution in [-0.2, 0) is 33.8 Å². The summed E-state index contributed by atoms with van der Waals surface area (Å²) in [6.07, 6.45) is 2.92. The van der Waals surface area contributed by atoms with Crippen molar-refractivity contribution in [2.45, 2.75) is 37.2 Å². The summed E-state index contributed by atoms with van der Waals surface area (Å²) in [5, 5.41) is 3.24. The molecule has 0 aliphatic carbocycles. The molecule has 0 fully saturated rings. The minimum atomic E-state index is -3.53. The van der Waals surface area contributed by atoms with Crippen LogP contribution in [0.25, 0.3) is 0 Å².